The number of rotatable bonds is 9. The van der Waals surface area contributed by atoms with Gasteiger partial charge in [-0.05, 0) is 36.8 Å². The van der Waals surface area contributed by atoms with Crippen molar-refractivity contribution in [1.82, 2.24) is 5.32 Å². The SMILES string of the molecule is N#C[C@H](COCc1ccccc1)NC(=O)C1(OC(=O)OCc2ccccc2)CCCCC1. The van der Waals surface area contributed by atoms with Gasteiger partial charge in [0, 0.05) is 0 Å². The second-order valence-electron chi connectivity index (χ2n) is 7.84. The standard InChI is InChI=1S/C25H28N2O5/c26-16-22(19-30-17-20-10-4-1-5-11-20)27-23(28)25(14-8-3-9-15-25)32-24(29)31-18-21-12-6-2-7-13-21/h1-2,4-7,10-13,22H,3,8-9,14-15,17-19H2,(H,27,28)/t22-/m1/s1. The van der Waals surface area contributed by atoms with Crippen molar-refractivity contribution < 1.29 is 23.8 Å². The number of benzene rings is 2. The van der Waals surface area contributed by atoms with E-state index in [0.717, 1.165) is 30.4 Å². The minimum Gasteiger partial charge on any atom is -0.429 e. The third-order valence-corrected chi connectivity index (χ3v) is 5.41. The zero-order valence-corrected chi connectivity index (χ0v) is 18.0. The third kappa shape index (κ3) is 6.82. The van der Waals surface area contributed by atoms with Crippen molar-refractivity contribution in [2.45, 2.75) is 57.0 Å². The number of hydrogen-bond donors (Lipinski definition) is 1. The molecule has 0 aliphatic heterocycles. The first-order valence-corrected chi connectivity index (χ1v) is 10.8. The predicted molar refractivity (Wildman–Crippen MR) is 117 cm³/mol. The van der Waals surface area contributed by atoms with E-state index in [9.17, 15) is 14.9 Å². The summed E-state index contributed by atoms with van der Waals surface area (Å²) in [5, 5.41) is 12.2. The highest BCUT2D eigenvalue weighted by Crippen LogP contribution is 2.32. The normalized spacial score (nSPS) is 15.7. The van der Waals surface area contributed by atoms with Gasteiger partial charge in [-0.25, -0.2) is 4.79 Å². The lowest BCUT2D eigenvalue weighted by atomic mass is 9.83. The van der Waals surface area contributed by atoms with E-state index in [-0.39, 0.29) is 13.2 Å². The van der Waals surface area contributed by atoms with Crippen molar-refractivity contribution in [3.05, 3.63) is 71.8 Å². The van der Waals surface area contributed by atoms with E-state index in [1.807, 2.05) is 66.7 Å². The number of amides is 1. The van der Waals surface area contributed by atoms with E-state index in [2.05, 4.69) is 5.32 Å². The molecule has 0 spiro atoms. The van der Waals surface area contributed by atoms with Crippen molar-refractivity contribution in [3.8, 4) is 6.07 Å². The van der Waals surface area contributed by atoms with Crippen LogP contribution in [0.3, 0.4) is 0 Å². The van der Waals surface area contributed by atoms with E-state index in [1.54, 1.807) is 0 Å². The number of carbonyl (C=O) groups is 2. The van der Waals surface area contributed by atoms with Crippen LogP contribution in [0.4, 0.5) is 4.79 Å². The fraction of sp³-hybridized carbons (Fsp3) is 0.400. The minimum absolute atomic E-state index is 0.0334. The molecule has 1 N–H and O–H groups in total. The number of carbonyl (C=O) groups excluding carboxylic acids is 2. The summed E-state index contributed by atoms with van der Waals surface area (Å²) >= 11 is 0. The van der Waals surface area contributed by atoms with Crippen LogP contribution in [-0.2, 0) is 32.2 Å². The molecule has 2 aromatic rings. The van der Waals surface area contributed by atoms with Crippen LogP contribution in [-0.4, -0.2) is 30.3 Å². The van der Waals surface area contributed by atoms with Crippen molar-refractivity contribution in [2.75, 3.05) is 6.61 Å². The van der Waals surface area contributed by atoms with Gasteiger partial charge in [0.15, 0.2) is 5.60 Å². The Hall–Kier alpha value is -3.37. The Labute approximate surface area is 188 Å². The van der Waals surface area contributed by atoms with Gasteiger partial charge >= 0.3 is 6.16 Å². The summed E-state index contributed by atoms with van der Waals surface area (Å²) in [4.78, 5) is 25.4. The van der Waals surface area contributed by atoms with E-state index in [1.165, 1.54) is 0 Å². The first kappa shape index (κ1) is 23.3. The second-order valence-corrected chi connectivity index (χ2v) is 7.84. The quantitative estimate of drug-likeness (QED) is 0.590. The molecule has 2 aromatic carbocycles. The molecule has 168 valence electrons. The van der Waals surface area contributed by atoms with Crippen LogP contribution < -0.4 is 5.32 Å². The summed E-state index contributed by atoms with van der Waals surface area (Å²) in [6.07, 6.45) is 2.35. The van der Waals surface area contributed by atoms with Gasteiger partial charge in [-0.15, -0.1) is 0 Å². The van der Waals surface area contributed by atoms with Gasteiger partial charge in [0.1, 0.15) is 12.6 Å². The molecule has 7 heteroatoms. The lowest BCUT2D eigenvalue weighted by Crippen LogP contribution is -2.54. The zero-order chi connectivity index (χ0) is 22.7. The van der Waals surface area contributed by atoms with Crippen molar-refractivity contribution >= 4 is 12.1 Å². The molecule has 0 radical (unpaired) electrons. The van der Waals surface area contributed by atoms with E-state index < -0.39 is 23.7 Å². The molecule has 1 aliphatic carbocycles. The highest BCUT2D eigenvalue weighted by molar-refractivity contribution is 5.87. The maximum Gasteiger partial charge on any atom is 0.509 e. The van der Waals surface area contributed by atoms with E-state index >= 15 is 0 Å². The number of nitrogens with zero attached hydrogens (tertiary/aromatic N) is 1. The van der Waals surface area contributed by atoms with Crippen molar-refractivity contribution in [1.29, 1.82) is 5.26 Å². The molecule has 1 amide bonds. The number of nitrogens with one attached hydrogen (secondary N) is 1. The molecular weight excluding hydrogens is 408 g/mol. The fourth-order valence-corrected chi connectivity index (χ4v) is 3.67. The molecule has 0 unspecified atom stereocenters. The third-order valence-electron chi connectivity index (χ3n) is 5.41. The summed E-state index contributed by atoms with van der Waals surface area (Å²) < 4.78 is 16.4. The van der Waals surface area contributed by atoms with E-state index in [4.69, 9.17) is 14.2 Å². The van der Waals surface area contributed by atoms with Gasteiger partial charge in [-0.1, -0.05) is 67.1 Å². The molecule has 0 aromatic heterocycles. The van der Waals surface area contributed by atoms with Crippen molar-refractivity contribution in [3.63, 3.8) is 0 Å². The molecule has 32 heavy (non-hydrogen) atoms. The zero-order valence-electron chi connectivity index (χ0n) is 18.0. The Balaban J connectivity index is 1.55. The monoisotopic (exact) mass is 436 g/mol. The minimum atomic E-state index is -1.33. The van der Waals surface area contributed by atoms with E-state index in [0.29, 0.717) is 19.4 Å². The van der Waals surface area contributed by atoms with Crippen LogP contribution in [0.15, 0.2) is 60.7 Å². The molecule has 1 fully saturated rings. The van der Waals surface area contributed by atoms with Crippen LogP contribution in [0.5, 0.6) is 0 Å². The van der Waals surface area contributed by atoms with Crippen LogP contribution in [0.25, 0.3) is 0 Å². The van der Waals surface area contributed by atoms with Crippen molar-refractivity contribution in [2.24, 2.45) is 0 Å². The fourth-order valence-electron chi connectivity index (χ4n) is 3.67. The molecule has 1 atom stereocenters. The highest BCUT2D eigenvalue weighted by Gasteiger charge is 2.44. The summed E-state index contributed by atoms with van der Waals surface area (Å²) in [5.74, 6) is -0.483. The van der Waals surface area contributed by atoms with Gasteiger partial charge in [-0.3, -0.25) is 4.79 Å². The second kappa shape index (κ2) is 11.9. The number of nitriles is 1. The Bertz CT molecular complexity index is 905. The number of ether oxygens (including phenoxy) is 3. The molecule has 1 saturated carbocycles. The van der Waals surface area contributed by atoms with Crippen LogP contribution in [0.1, 0.15) is 43.2 Å². The first-order valence-electron chi connectivity index (χ1n) is 10.8. The van der Waals surface area contributed by atoms with Gasteiger partial charge in [0.25, 0.3) is 5.91 Å². The lowest BCUT2D eigenvalue weighted by Gasteiger charge is -2.35. The summed E-state index contributed by atoms with van der Waals surface area (Å²) in [5.41, 5.74) is 0.469. The number of hydrogen-bond acceptors (Lipinski definition) is 6. The van der Waals surface area contributed by atoms with Crippen LogP contribution >= 0.6 is 0 Å². The average molecular weight is 437 g/mol. The molecule has 0 heterocycles. The molecule has 1 aliphatic rings. The van der Waals surface area contributed by atoms with Gasteiger partial charge in [0.2, 0.25) is 0 Å². The summed E-state index contributed by atoms with van der Waals surface area (Å²) in [7, 11) is 0. The van der Waals surface area contributed by atoms with Crippen LogP contribution in [0.2, 0.25) is 0 Å². The molecular formula is C25H28N2O5. The summed E-state index contributed by atoms with van der Waals surface area (Å²) in [6.45, 7) is 0.430. The molecule has 0 bridgehead atoms. The topological polar surface area (TPSA) is 97.6 Å². The Morgan fingerprint density at radius 3 is 2.12 bits per heavy atom. The van der Waals surface area contributed by atoms with Gasteiger partial charge in [-0.2, -0.15) is 5.26 Å². The maximum atomic E-state index is 13.1. The maximum absolute atomic E-state index is 13.1. The predicted octanol–water partition coefficient (Wildman–Crippen LogP) is 4.27. The molecule has 7 nitrogen and oxygen atoms in total. The van der Waals surface area contributed by atoms with Gasteiger partial charge in [0.05, 0.1) is 19.3 Å². The molecule has 3 rings (SSSR count). The largest absolute Gasteiger partial charge is 0.509 e. The van der Waals surface area contributed by atoms with Crippen LogP contribution in [0, 0.1) is 11.3 Å². The Kier molecular flexibility index (Phi) is 8.64. The average Bonchev–Trinajstić information content (AvgIpc) is 2.84. The molecule has 0 saturated heterocycles. The Morgan fingerprint density at radius 2 is 1.53 bits per heavy atom. The Morgan fingerprint density at radius 1 is 0.938 bits per heavy atom. The van der Waals surface area contributed by atoms with Gasteiger partial charge < -0.3 is 19.5 Å². The first-order chi connectivity index (χ1) is 15.6. The summed E-state index contributed by atoms with van der Waals surface area (Å²) in [6, 6.07) is 20.0. The highest BCUT2D eigenvalue weighted by atomic mass is 16.7. The lowest BCUT2D eigenvalue weighted by molar-refractivity contribution is -0.148. The smallest absolute Gasteiger partial charge is 0.429 e.